The Labute approximate surface area is 113 Å². The van der Waals surface area contributed by atoms with Crippen molar-refractivity contribution in [3.05, 3.63) is 46.9 Å². The first kappa shape index (κ1) is 13.5. The molecule has 19 heavy (non-hydrogen) atoms. The lowest BCUT2D eigenvalue weighted by Crippen LogP contribution is -2.07. The third-order valence-electron chi connectivity index (χ3n) is 3.12. The highest BCUT2D eigenvalue weighted by molar-refractivity contribution is 5.46. The number of nitrogens with zero attached hydrogens (tertiary/aromatic N) is 2. The summed E-state index contributed by atoms with van der Waals surface area (Å²) in [6, 6.07) is 4.15. The molecule has 0 bridgehead atoms. The molecule has 0 spiro atoms. The molecule has 0 unspecified atom stereocenters. The number of nitrogens with one attached hydrogen (secondary N) is 1. The summed E-state index contributed by atoms with van der Waals surface area (Å²) >= 11 is 0. The fourth-order valence-electron chi connectivity index (χ4n) is 1.86. The Morgan fingerprint density at radius 1 is 1.05 bits per heavy atom. The maximum atomic E-state index is 5.86. The Hall–Kier alpha value is -1.94. The second-order valence-electron chi connectivity index (χ2n) is 4.63. The van der Waals surface area contributed by atoms with E-state index in [0.717, 1.165) is 22.6 Å². The van der Waals surface area contributed by atoms with E-state index >= 15 is 0 Å². The summed E-state index contributed by atoms with van der Waals surface area (Å²) in [7, 11) is 1.88. The molecule has 0 amide bonds. The Kier molecular flexibility index (Phi) is 4.12. The summed E-state index contributed by atoms with van der Waals surface area (Å²) in [4.78, 5) is 8.58. The molecule has 0 radical (unpaired) electrons. The normalized spacial score (nSPS) is 10.5. The standard InChI is InChI=1S/C15H19N3O/c1-10-5-6-11(2)15(12(10)3)19-14-9-17-13(7-16-4)8-18-14/h5-6,8-9,16H,7H2,1-4H3. The van der Waals surface area contributed by atoms with Crippen LogP contribution in [0, 0.1) is 20.8 Å². The van der Waals surface area contributed by atoms with Crippen LogP contribution in [0.5, 0.6) is 11.6 Å². The zero-order valence-corrected chi connectivity index (χ0v) is 11.8. The molecule has 0 atom stereocenters. The van der Waals surface area contributed by atoms with Crippen LogP contribution in [0.1, 0.15) is 22.4 Å². The maximum absolute atomic E-state index is 5.86. The van der Waals surface area contributed by atoms with Crippen molar-refractivity contribution >= 4 is 0 Å². The maximum Gasteiger partial charge on any atom is 0.237 e. The number of ether oxygens (including phenoxy) is 1. The van der Waals surface area contributed by atoms with E-state index in [2.05, 4.69) is 41.3 Å². The fourth-order valence-corrected chi connectivity index (χ4v) is 1.86. The summed E-state index contributed by atoms with van der Waals surface area (Å²) < 4.78 is 5.86. The summed E-state index contributed by atoms with van der Waals surface area (Å²) in [5, 5.41) is 3.04. The molecule has 2 aromatic rings. The number of benzene rings is 1. The van der Waals surface area contributed by atoms with Crippen LogP contribution >= 0.6 is 0 Å². The van der Waals surface area contributed by atoms with Crippen LogP contribution < -0.4 is 10.1 Å². The topological polar surface area (TPSA) is 47.0 Å². The Morgan fingerprint density at radius 2 is 1.79 bits per heavy atom. The third kappa shape index (κ3) is 3.09. The lowest BCUT2D eigenvalue weighted by atomic mass is 10.1. The van der Waals surface area contributed by atoms with Crippen molar-refractivity contribution in [2.24, 2.45) is 0 Å². The van der Waals surface area contributed by atoms with Crippen LogP contribution in [0.2, 0.25) is 0 Å². The molecular weight excluding hydrogens is 238 g/mol. The minimum absolute atomic E-state index is 0.525. The first-order valence-corrected chi connectivity index (χ1v) is 6.32. The van der Waals surface area contributed by atoms with Crippen molar-refractivity contribution in [1.82, 2.24) is 15.3 Å². The summed E-state index contributed by atoms with van der Waals surface area (Å²) in [5.41, 5.74) is 4.35. The zero-order valence-electron chi connectivity index (χ0n) is 11.8. The van der Waals surface area contributed by atoms with Gasteiger partial charge in [0.2, 0.25) is 5.88 Å². The van der Waals surface area contributed by atoms with Gasteiger partial charge in [-0.3, -0.25) is 4.98 Å². The first-order valence-electron chi connectivity index (χ1n) is 6.32. The van der Waals surface area contributed by atoms with Crippen molar-refractivity contribution in [2.75, 3.05) is 7.05 Å². The predicted molar refractivity (Wildman–Crippen MR) is 75.5 cm³/mol. The second kappa shape index (κ2) is 5.80. The van der Waals surface area contributed by atoms with E-state index in [9.17, 15) is 0 Å². The van der Waals surface area contributed by atoms with Gasteiger partial charge in [0.25, 0.3) is 0 Å². The van der Waals surface area contributed by atoms with E-state index in [1.807, 2.05) is 14.0 Å². The highest BCUT2D eigenvalue weighted by Crippen LogP contribution is 2.29. The predicted octanol–water partition coefficient (Wildman–Crippen LogP) is 2.91. The van der Waals surface area contributed by atoms with Crippen molar-refractivity contribution in [2.45, 2.75) is 27.3 Å². The van der Waals surface area contributed by atoms with Gasteiger partial charge in [-0.1, -0.05) is 12.1 Å². The van der Waals surface area contributed by atoms with Crippen LogP contribution in [0.15, 0.2) is 24.5 Å². The molecule has 2 rings (SSSR count). The van der Waals surface area contributed by atoms with Crippen LogP contribution in [-0.4, -0.2) is 17.0 Å². The zero-order chi connectivity index (χ0) is 13.8. The van der Waals surface area contributed by atoms with Crippen molar-refractivity contribution in [1.29, 1.82) is 0 Å². The molecule has 0 saturated heterocycles. The van der Waals surface area contributed by atoms with Gasteiger partial charge in [-0.05, 0) is 44.5 Å². The van der Waals surface area contributed by atoms with E-state index in [1.165, 1.54) is 5.56 Å². The highest BCUT2D eigenvalue weighted by atomic mass is 16.5. The van der Waals surface area contributed by atoms with E-state index in [4.69, 9.17) is 4.74 Å². The van der Waals surface area contributed by atoms with Crippen molar-refractivity contribution < 1.29 is 4.74 Å². The Balaban J connectivity index is 2.24. The molecular formula is C15H19N3O. The van der Waals surface area contributed by atoms with Gasteiger partial charge in [-0.15, -0.1) is 0 Å². The quantitative estimate of drug-likeness (QED) is 0.914. The van der Waals surface area contributed by atoms with E-state index in [0.29, 0.717) is 12.4 Å². The molecule has 1 N–H and O–H groups in total. The number of aromatic nitrogens is 2. The van der Waals surface area contributed by atoms with Gasteiger partial charge in [0.05, 0.1) is 18.1 Å². The number of rotatable bonds is 4. The third-order valence-corrected chi connectivity index (χ3v) is 3.12. The van der Waals surface area contributed by atoms with Gasteiger partial charge in [-0.2, -0.15) is 0 Å². The molecule has 0 saturated carbocycles. The van der Waals surface area contributed by atoms with Gasteiger partial charge in [0, 0.05) is 6.54 Å². The van der Waals surface area contributed by atoms with Crippen molar-refractivity contribution in [3.8, 4) is 11.6 Å². The van der Waals surface area contributed by atoms with Crippen LogP contribution in [-0.2, 0) is 6.54 Å². The number of aryl methyl sites for hydroxylation is 2. The van der Waals surface area contributed by atoms with Gasteiger partial charge in [0.15, 0.2) is 0 Å². The summed E-state index contributed by atoms with van der Waals surface area (Å²) in [6.07, 6.45) is 3.39. The fraction of sp³-hybridized carbons (Fsp3) is 0.333. The average Bonchev–Trinajstić information content (AvgIpc) is 2.41. The van der Waals surface area contributed by atoms with E-state index in [-0.39, 0.29) is 0 Å². The molecule has 1 aromatic heterocycles. The first-order chi connectivity index (χ1) is 9.11. The number of hydrogen-bond acceptors (Lipinski definition) is 4. The van der Waals surface area contributed by atoms with Crippen LogP contribution in [0.4, 0.5) is 0 Å². The average molecular weight is 257 g/mol. The number of hydrogen-bond donors (Lipinski definition) is 1. The highest BCUT2D eigenvalue weighted by Gasteiger charge is 2.08. The Morgan fingerprint density at radius 3 is 2.42 bits per heavy atom. The summed E-state index contributed by atoms with van der Waals surface area (Å²) in [6.45, 7) is 6.87. The van der Waals surface area contributed by atoms with Gasteiger partial charge < -0.3 is 10.1 Å². The molecule has 1 aromatic carbocycles. The Bertz CT molecular complexity index is 564. The second-order valence-corrected chi connectivity index (χ2v) is 4.63. The van der Waals surface area contributed by atoms with Crippen LogP contribution in [0.25, 0.3) is 0 Å². The molecule has 4 heteroatoms. The van der Waals surface area contributed by atoms with Gasteiger partial charge >= 0.3 is 0 Å². The molecule has 0 aliphatic heterocycles. The largest absolute Gasteiger partial charge is 0.437 e. The van der Waals surface area contributed by atoms with Gasteiger partial charge in [-0.25, -0.2) is 4.98 Å². The van der Waals surface area contributed by atoms with Crippen molar-refractivity contribution in [3.63, 3.8) is 0 Å². The van der Waals surface area contributed by atoms with E-state index in [1.54, 1.807) is 12.4 Å². The monoisotopic (exact) mass is 257 g/mol. The summed E-state index contributed by atoms with van der Waals surface area (Å²) in [5.74, 6) is 1.40. The molecule has 0 fully saturated rings. The minimum atomic E-state index is 0.525. The minimum Gasteiger partial charge on any atom is -0.437 e. The lowest BCUT2D eigenvalue weighted by Gasteiger charge is -2.12. The molecule has 0 aliphatic carbocycles. The molecule has 1 heterocycles. The van der Waals surface area contributed by atoms with Crippen LogP contribution in [0.3, 0.4) is 0 Å². The lowest BCUT2D eigenvalue weighted by molar-refractivity contribution is 0.451. The molecule has 4 nitrogen and oxygen atoms in total. The molecule has 100 valence electrons. The smallest absolute Gasteiger partial charge is 0.237 e. The SMILES string of the molecule is CNCc1cnc(Oc2c(C)ccc(C)c2C)cn1. The molecule has 0 aliphatic rings. The van der Waals surface area contributed by atoms with Gasteiger partial charge in [0.1, 0.15) is 5.75 Å². The van der Waals surface area contributed by atoms with E-state index < -0.39 is 0 Å².